The zero-order chi connectivity index (χ0) is 12.3. The Morgan fingerprint density at radius 3 is 2.20 bits per heavy atom. The summed E-state index contributed by atoms with van der Waals surface area (Å²) in [7, 11) is -1.75. The van der Waals surface area contributed by atoms with Crippen molar-refractivity contribution in [1.82, 2.24) is 0 Å². The van der Waals surface area contributed by atoms with Gasteiger partial charge in [-0.25, -0.2) is 4.79 Å². The second-order valence-electron chi connectivity index (χ2n) is 5.38. The lowest BCUT2D eigenvalue weighted by atomic mass is 10.2. The molecule has 0 bridgehead atoms. The summed E-state index contributed by atoms with van der Waals surface area (Å²) >= 11 is 0. The van der Waals surface area contributed by atoms with Crippen LogP contribution in [-0.4, -0.2) is 26.0 Å². The molecule has 3 nitrogen and oxygen atoms in total. The van der Waals surface area contributed by atoms with E-state index in [9.17, 15) is 4.79 Å². The summed E-state index contributed by atoms with van der Waals surface area (Å²) in [5, 5.41) is 8.72. The molecule has 0 aliphatic rings. The smallest absolute Gasteiger partial charge is 0.328 e. The van der Waals surface area contributed by atoms with Gasteiger partial charge >= 0.3 is 5.97 Å². The van der Waals surface area contributed by atoms with Crippen molar-refractivity contribution in [3.8, 4) is 0 Å². The van der Waals surface area contributed by atoms with E-state index in [0.29, 0.717) is 6.61 Å². The van der Waals surface area contributed by atoms with E-state index in [1.807, 2.05) is 0 Å². The minimum Gasteiger partial charge on any atom is -0.478 e. The number of aliphatic carboxylic acids is 1. The molecule has 0 saturated heterocycles. The van der Waals surface area contributed by atoms with Crippen molar-refractivity contribution in [2.24, 2.45) is 0 Å². The highest BCUT2D eigenvalue weighted by Gasteiger charge is 2.36. The summed E-state index contributed by atoms with van der Waals surface area (Å²) in [6.45, 7) is 13.0. The van der Waals surface area contributed by atoms with Gasteiger partial charge in [-0.3, -0.25) is 0 Å². The van der Waals surface area contributed by atoms with Gasteiger partial charge in [0.25, 0.3) is 0 Å². The molecule has 0 aromatic heterocycles. The fourth-order valence-corrected chi connectivity index (χ4v) is 1.78. The second-order valence-corrected chi connectivity index (χ2v) is 10.2. The van der Waals surface area contributed by atoms with Gasteiger partial charge in [-0.15, -0.1) is 0 Å². The maximum Gasteiger partial charge on any atom is 0.328 e. The van der Waals surface area contributed by atoms with Crippen LogP contribution in [0.15, 0.2) is 11.6 Å². The fourth-order valence-electron chi connectivity index (χ4n) is 0.763. The van der Waals surface area contributed by atoms with Crippen LogP contribution in [0.25, 0.3) is 0 Å². The lowest BCUT2D eigenvalue weighted by molar-refractivity contribution is -0.131. The van der Waals surface area contributed by atoms with E-state index < -0.39 is 14.3 Å². The number of hydrogen-bond donors (Lipinski definition) is 1. The lowest BCUT2D eigenvalue weighted by Gasteiger charge is -2.36. The Kier molecular flexibility index (Phi) is 4.74. The van der Waals surface area contributed by atoms with Crippen molar-refractivity contribution in [3.63, 3.8) is 0 Å². The fraction of sp³-hybridized carbons (Fsp3) is 0.727. The van der Waals surface area contributed by atoms with Crippen LogP contribution < -0.4 is 0 Å². The Bertz CT molecular complexity index is 261. The monoisotopic (exact) mass is 230 g/mol. The molecule has 0 rings (SSSR count). The molecule has 0 saturated carbocycles. The lowest BCUT2D eigenvalue weighted by Crippen LogP contribution is -2.41. The van der Waals surface area contributed by atoms with Crippen molar-refractivity contribution in [3.05, 3.63) is 11.6 Å². The average molecular weight is 230 g/mol. The number of carboxylic acids is 1. The maximum absolute atomic E-state index is 10.4. The van der Waals surface area contributed by atoms with Gasteiger partial charge in [-0.1, -0.05) is 20.8 Å². The summed E-state index contributed by atoms with van der Waals surface area (Å²) in [5.74, 6) is -0.911. The van der Waals surface area contributed by atoms with Crippen LogP contribution in [-0.2, 0) is 9.22 Å². The first kappa shape index (κ1) is 14.4. The number of carbonyl (C=O) groups is 1. The summed E-state index contributed by atoms with van der Waals surface area (Å²) < 4.78 is 5.86. The van der Waals surface area contributed by atoms with Crippen LogP contribution >= 0.6 is 0 Å². The van der Waals surface area contributed by atoms with E-state index in [2.05, 4.69) is 33.9 Å². The summed E-state index contributed by atoms with van der Waals surface area (Å²) in [6.07, 6.45) is 1.20. The van der Waals surface area contributed by atoms with E-state index >= 15 is 0 Å². The van der Waals surface area contributed by atoms with E-state index in [4.69, 9.17) is 9.53 Å². The predicted octanol–water partition coefficient (Wildman–Crippen LogP) is 3.04. The van der Waals surface area contributed by atoms with Crippen molar-refractivity contribution in [2.75, 3.05) is 6.61 Å². The van der Waals surface area contributed by atoms with Crippen LogP contribution in [0, 0.1) is 0 Å². The molecule has 0 aromatic rings. The van der Waals surface area contributed by atoms with Crippen molar-refractivity contribution in [2.45, 2.75) is 45.8 Å². The molecule has 0 spiro atoms. The van der Waals surface area contributed by atoms with Crippen molar-refractivity contribution >= 4 is 14.3 Å². The molecule has 0 radical (unpaired) electrons. The Morgan fingerprint density at radius 1 is 1.40 bits per heavy atom. The number of hydrogen-bond acceptors (Lipinski definition) is 2. The molecule has 0 aromatic carbocycles. The van der Waals surface area contributed by atoms with Gasteiger partial charge in [0.15, 0.2) is 8.32 Å². The molecule has 4 heteroatoms. The van der Waals surface area contributed by atoms with Crippen LogP contribution in [0.2, 0.25) is 18.1 Å². The Morgan fingerprint density at radius 2 is 1.87 bits per heavy atom. The quantitative estimate of drug-likeness (QED) is 0.596. The summed E-state index contributed by atoms with van der Waals surface area (Å²) in [6, 6.07) is 0. The standard InChI is InChI=1S/C11H22O3Si/c1-9(7-10(12)13)8-14-15(5,6)11(2,3)4/h7H,8H2,1-6H3,(H,12,13)/b9-7-. The third-order valence-corrected chi connectivity index (χ3v) is 7.32. The van der Waals surface area contributed by atoms with Crippen LogP contribution in [0.1, 0.15) is 27.7 Å². The molecule has 0 aliphatic carbocycles. The Balaban J connectivity index is 4.34. The minimum atomic E-state index is -1.75. The molecule has 88 valence electrons. The van der Waals surface area contributed by atoms with Crippen LogP contribution in [0.5, 0.6) is 0 Å². The van der Waals surface area contributed by atoms with Crippen molar-refractivity contribution in [1.29, 1.82) is 0 Å². The maximum atomic E-state index is 10.4. The molecule has 0 aliphatic heterocycles. The van der Waals surface area contributed by atoms with Gasteiger partial charge in [-0.2, -0.15) is 0 Å². The SMILES string of the molecule is C/C(=C/C(=O)O)CO[Si](C)(C)C(C)(C)C. The third kappa shape index (κ3) is 5.13. The molecule has 15 heavy (non-hydrogen) atoms. The van der Waals surface area contributed by atoms with Gasteiger partial charge < -0.3 is 9.53 Å². The zero-order valence-electron chi connectivity index (χ0n) is 10.5. The van der Waals surface area contributed by atoms with E-state index in [1.54, 1.807) is 6.92 Å². The van der Waals surface area contributed by atoms with E-state index in [0.717, 1.165) is 5.57 Å². The Labute approximate surface area is 93.3 Å². The third-order valence-electron chi connectivity index (χ3n) is 2.84. The molecule has 1 N–H and O–H groups in total. The molecular formula is C11H22O3Si. The average Bonchev–Trinajstić information content (AvgIpc) is 1.97. The van der Waals surface area contributed by atoms with E-state index in [1.165, 1.54) is 6.08 Å². The van der Waals surface area contributed by atoms with Gasteiger partial charge in [0, 0.05) is 6.08 Å². The number of rotatable bonds is 4. The Hall–Kier alpha value is -0.613. The highest BCUT2D eigenvalue weighted by molar-refractivity contribution is 6.74. The predicted molar refractivity (Wildman–Crippen MR) is 64.5 cm³/mol. The topological polar surface area (TPSA) is 46.5 Å². The van der Waals surface area contributed by atoms with Gasteiger partial charge in [0.05, 0.1) is 6.61 Å². The van der Waals surface area contributed by atoms with Crippen LogP contribution in [0.4, 0.5) is 0 Å². The molecular weight excluding hydrogens is 208 g/mol. The first-order valence-electron chi connectivity index (χ1n) is 5.10. The molecule has 0 unspecified atom stereocenters. The van der Waals surface area contributed by atoms with Gasteiger partial charge in [-0.05, 0) is 30.6 Å². The van der Waals surface area contributed by atoms with Crippen molar-refractivity contribution < 1.29 is 14.3 Å². The number of carboxylic acid groups (broad SMARTS) is 1. The zero-order valence-corrected chi connectivity index (χ0v) is 11.5. The highest BCUT2D eigenvalue weighted by atomic mass is 28.4. The van der Waals surface area contributed by atoms with Crippen LogP contribution in [0.3, 0.4) is 0 Å². The summed E-state index contributed by atoms with van der Waals surface area (Å²) in [4.78, 5) is 10.4. The summed E-state index contributed by atoms with van der Waals surface area (Å²) in [5.41, 5.74) is 0.757. The van der Waals surface area contributed by atoms with Gasteiger partial charge in [0.2, 0.25) is 0 Å². The van der Waals surface area contributed by atoms with Gasteiger partial charge in [0.1, 0.15) is 0 Å². The minimum absolute atomic E-state index is 0.163. The van der Waals surface area contributed by atoms with E-state index in [-0.39, 0.29) is 5.04 Å². The molecule has 0 fully saturated rings. The molecule has 0 amide bonds. The molecule has 0 heterocycles. The largest absolute Gasteiger partial charge is 0.478 e. The first-order chi connectivity index (χ1) is 6.56. The highest BCUT2D eigenvalue weighted by Crippen LogP contribution is 2.36. The normalized spacial score (nSPS) is 14.1. The molecule has 0 atom stereocenters. The second kappa shape index (κ2) is 4.94. The first-order valence-corrected chi connectivity index (χ1v) is 8.01.